The molecule has 0 bridgehead atoms. The van der Waals surface area contributed by atoms with Crippen molar-refractivity contribution in [1.29, 1.82) is 0 Å². The number of carboxylic acids is 1. The van der Waals surface area contributed by atoms with Crippen LogP contribution in [-0.4, -0.2) is 42.9 Å². The van der Waals surface area contributed by atoms with Crippen LogP contribution in [-0.2, 0) is 11.8 Å². The number of amides is 1. The van der Waals surface area contributed by atoms with E-state index in [1.54, 1.807) is 19.2 Å². The van der Waals surface area contributed by atoms with Gasteiger partial charge in [-0.2, -0.15) is 0 Å². The van der Waals surface area contributed by atoms with Crippen molar-refractivity contribution in [3.63, 3.8) is 0 Å². The molecule has 2 N–H and O–H groups in total. The Hall–Kier alpha value is -2.42. The Labute approximate surface area is 118 Å². The lowest BCUT2D eigenvalue weighted by Gasteiger charge is -2.07. The van der Waals surface area contributed by atoms with Gasteiger partial charge in [0.1, 0.15) is 0 Å². The first-order chi connectivity index (χ1) is 9.58. The Kier molecular flexibility index (Phi) is 4.31. The van der Waals surface area contributed by atoms with Gasteiger partial charge in [0.2, 0.25) is 11.1 Å². The molecular weight excluding hydrogens is 282 g/mol. The number of hydrogen-bond acceptors (Lipinski definition) is 6. The SMILES string of the molecule is Cn1nnnc1SCC(=O)Nc1ccccc1C(=O)O. The molecule has 0 aliphatic heterocycles. The zero-order valence-electron chi connectivity index (χ0n) is 10.5. The number of rotatable bonds is 5. The number of tetrazole rings is 1. The summed E-state index contributed by atoms with van der Waals surface area (Å²) in [6.07, 6.45) is 0. The van der Waals surface area contributed by atoms with Gasteiger partial charge < -0.3 is 10.4 Å². The molecule has 1 amide bonds. The molecule has 1 heterocycles. The second-order valence-electron chi connectivity index (χ2n) is 3.77. The van der Waals surface area contributed by atoms with Crippen LogP contribution in [0.4, 0.5) is 5.69 Å². The predicted octanol–water partition coefficient (Wildman–Crippen LogP) is 0.639. The average molecular weight is 293 g/mol. The van der Waals surface area contributed by atoms with E-state index >= 15 is 0 Å². The highest BCUT2D eigenvalue weighted by Gasteiger charge is 2.13. The number of anilines is 1. The molecule has 0 aliphatic rings. The van der Waals surface area contributed by atoms with Crippen LogP contribution in [0.25, 0.3) is 0 Å². The summed E-state index contributed by atoms with van der Waals surface area (Å²) >= 11 is 1.16. The normalized spacial score (nSPS) is 10.2. The Morgan fingerprint density at radius 3 is 2.80 bits per heavy atom. The van der Waals surface area contributed by atoms with Gasteiger partial charge in [-0.05, 0) is 22.6 Å². The summed E-state index contributed by atoms with van der Waals surface area (Å²) < 4.78 is 1.45. The maximum Gasteiger partial charge on any atom is 0.337 e. The highest BCUT2D eigenvalue weighted by atomic mass is 32.2. The van der Waals surface area contributed by atoms with Crippen molar-refractivity contribution < 1.29 is 14.7 Å². The number of aryl methyl sites for hydroxylation is 1. The van der Waals surface area contributed by atoms with E-state index in [4.69, 9.17) is 5.11 Å². The molecule has 20 heavy (non-hydrogen) atoms. The number of hydrogen-bond donors (Lipinski definition) is 2. The van der Waals surface area contributed by atoms with Crippen molar-refractivity contribution in [2.75, 3.05) is 11.1 Å². The summed E-state index contributed by atoms with van der Waals surface area (Å²) in [6.45, 7) is 0. The van der Waals surface area contributed by atoms with Gasteiger partial charge in [0, 0.05) is 7.05 Å². The Morgan fingerprint density at radius 1 is 1.40 bits per heavy atom. The molecule has 9 heteroatoms. The number of aromatic carboxylic acids is 1. The van der Waals surface area contributed by atoms with Crippen LogP contribution in [0, 0.1) is 0 Å². The molecular formula is C11H11N5O3S. The lowest BCUT2D eigenvalue weighted by Crippen LogP contribution is -2.16. The number of thioether (sulfide) groups is 1. The van der Waals surface area contributed by atoms with E-state index in [9.17, 15) is 9.59 Å². The van der Waals surface area contributed by atoms with E-state index in [0.29, 0.717) is 5.16 Å². The smallest absolute Gasteiger partial charge is 0.337 e. The van der Waals surface area contributed by atoms with E-state index in [2.05, 4.69) is 20.8 Å². The summed E-state index contributed by atoms with van der Waals surface area (Å²) in [5.74, 6) is -1.33. The number of carbonyl (C=O) groups is 2. The third-order valence-electron chi connectivity index (χ3n) is 2.35. The van der Waals surface area contributed by atoms with Crippen molar-refractivity contribution >= 4 is 29.3 Å². The lowest BCUT2D eigenvalue weighted by atomic mass is 10.2. The fourth-order valence-electron chi connectivity index (χ4n) is 1.44. The molecule has 0 spiro atoms. The van der Waals surface area contributed by atoms with E-state index in [-0.39, 0.29) is 22.9 Å². The van der Waals surface area contributed by atoms with Crippen molar-refractivity contribution in [3.8, 4) is 0 Å². The zero-order chi connectivity index (χ0) is 14.5. The monoisotopic (exact) mass is 293 g/mol. The van der Waals surface area contributed by atoms with E-state index in [0.717, 1.165) is 11.8 Å². The first-order valence-corrected chi connectivity index (χ1v) is 6.54. The molecule has 1 aromatic heterocycles. The fraction of sp³-hybridized carbons (Fsp3) is 0.182. The van der Waals surface area contributed by atoms with Crippen molar-refractivity contribution in [2.24, 2.45) is 7.05 Å². The number of benzene rings is 1. The van der Waals surface area contributed by atoms with Gasteiger partial charge in [-0.3, -0.25) is 4.79 Å². The maximum atomic E-state index is 11.8. The number of nitrogens with zero attached hydrogens (tertiary/aromatic N) is 4. The van der Waals surface area contributed by atoms with Gasteiger partial charge in [-0.15, -0.1) is 5.10 Å². The molecule has 2 rings (SSSR count). The van der Waals surface area contributed by atoms with Crippen molar-refractivity contribution in [3.05, 3.63) is 29.8 Å². The van der Waals surface area contributed by atoms with Crippen LogP contribution in [0.2, 0.25) is 0 Å². The summed E-state index contributed by atoms with van der Waals surface area (Å²) in [4.78, 5) is 22.8. The third kappa shape index (κ3) is 3.32. The van der Waals surface area contributed by atoms with E-state index in [1.165, 1.54) is 16.8 Å². The average Bonchev–Trinajstić information content (AvgIpc) is 2.82. The van der Waals surface area contributed by atoms with Crippen LogP contribution in [0.3, 0.4) is 0 Å². The molecule has 1 aromatic carbocycles. The van der Waals surface area contributed by atoms with Crippen LogP contribution < -0.4 is 5.32 Å². The highest BCUT2D eigenvalue weighted by molar-refractivity contribution is 7.99. The van der Waals surface area contributed by atoms with Crippen molar-refractivity contribution in [1.82, 2.24) is 20.2 Å². The van der Waals surface area contributed by atoms with Gasteiger partial charge in [-0.25, -0.2) is 9.48 Å². The molecule has 0 unspecified atom stereocenters. The van der Waals surface area contributed by atoms with Gasteiger partial charge in [0.15, 0.2) is 0 Å². The largest absolute Gasteiger partial charge is 0.478 e. The third-order valence-corrected chi connectivity index (χ3v) is 3.36. The quantitative estimate of drug-likeness (QED) is 0.778. The van der Waals surface area contributed by atoms with Crippen LogP contribution in [0.1, 0.15) is 10.4 Å². The van der Waals surface area contributed by atoms with E-state index < -0.39 is 5.97 Å². The maximum absolute atomic E-state index is 11.8. The van der Waals surface area contributed by atoms with Crippen LogP contribution >= 0.6 is 11.8 Å². The molecule has 0 saturated heterocycles. The summed E-state index contributed by atoms with van der Waals surface area (Å²) in [5, 5.41) is 22.9. The molecule has 0 atom stereocenters. The fourth-order valence-corrected chi connectivity index (χ4v) is 2.09. The van der Waals surface area contributed by atoms with Gasteiger partial charge in [0.05, 0.1) is 17.0 Å². The number of nitrogens with one attached hydrogen (secondary N) is 1. The van der Waals surface area contributed by atoms with Gasteiger partial charge in [0.25, 0.3) is 0 Å². The molecule has 2 aromatic rings. The Bertz CT molecular complexity index is 642. The number of carboxylic acid groups (broad SMARTS) is 1. The number of carbonyl (C=O) groups excluding carboxylic acids is 1. The minimum atomic E-state index is -1.09. The second-order valence-corrected chi connectivity index (χ2v) is 4.72. The first kappa shape index (κ1) is 14.0. The number of aromatic nitrogens is 4. The van der Waals surface area contributed by atoms with Crippen LogP contribution in [0.5, 0.6) is 0 Å². The Morgan fingerprint density at radius 2 is 2.15 bits per heavy atom. The zero-order valence-corrected chi connectivity index (χ0v) is 11.3. The molecule has 104 valence electrons. The molecule has 0 saturated carbocycles. The number of para-hydroxylation sites is 1. The predicted molar refractivity (Wildman–Crippen MR) is 71.6 cm³/mol. The lowest BCUT2D eigenvalue weighted by molar-refractivity contribution is -0.113. The standard InChI is InChI=1S/C11H11N5O3S/c1-16-11(13-14-15-16)20-6-9(17)12-8-5-3-2-4-7(8)10(18)19/h2-5H,6H2,1H3,(H,12,17)(H,18,19). The molecule has 0 aliphatic carbocycles. The first-order valence-electron chi connectivity index (χ1n) is 5.55. The highest BCUT2D eigenvalue weighted by Crippen LogP contribution is 2.17. The Balaban J connectivity index is 1.98. The van der Waals surface area contributed by atoms with Crippen LogP contribution in [0.15, 0.2) is 29.4 Å². The summed E-state index contributed by atoms with van der Waals surface area (Å²) in [7, 11) is 1.67. The van der Waals surface area contributed by atoms with E-state index in [1.807, 2.05) is 0 Å². The van der Waals surface area contributed by atoms with Gasteiger partial charge >= 0.3 is 5.97 Å². The molecule has 0 radical (unpaired) electrons. The minimum absolute atomic E-state index is 0.0474. The molecule has 0 fully saturated rings. The topological polar surface area (TPSA) is 110 Å². The minimum Gasteiger partial charge on any atom is -0.478 e. The summed E-state index contributed by atoms with van der Waals surface area (Å²) in [6, 6.07) is 6.22. The van der Waals surface area contributed by atoms with Crippen molar-refractivity contribution in [2.45, 2.75) is 5.16 Å². The summed E-state index contributed by atoms with van der Waals surface area (Å²) in [5.41, 5.74) is 0.313. The van der Waals surface area contributed by atoms with Gasteiger partial charge in [-0.1, -0.05) is 23.9 Å². The second kappa shape index (κ2) is 6.15. The molecule has 8 nitrogen and oxygen atoms in total.